The molecule has 32 heavy (non-hydrogen) atoms. The number of fused-ring (bicyclic) bond motifs is 1. The van der Waals surface area contributed by atoms with E-state index in [1.54, 1.807) is 19.2 Å². The van der Waals surface area contributed by atoms with Crippen molar-refractivity contribution < 1.29 is 9.53 Å². The number of nitrogen functional groups attached to an aromatic ring is 1. The SMILES string of the molecule is COc1ccc2nc(SCC(=O)c3c(N)n(Cc4ccccc4)c(=O)n(C)c3=O)[nH]c2c1. The predicted molar refractivity (Wildman–Crippen MR) is 124 cm³/mol. The lowest BCUT2D eigenvalue weighted by Crippen LogP contribution is -2.43. The van der Waals surface area contributed by atoms with Gasteiger partial charge in [0, 0.05) is 13.1 Å². The molecular formula is C22H21N5O4S. The molecule has 2 heterocycles. The number of methoxy groups -OCH3 is 1. The van der Waals surface area contributed by atoms with Crippen molar-refractivity contribution in [3.8, 4) is 5.75 Å². The number of carbonyl (C=O) groups excluding carboxylic acids is 1. The number of ketones is 1. The maximum atomic E-state index is 13.0. The zero-order valence-corrected chi connectivity index (χ0v) is 18.3. The summed E-state index contributed by atoms with van der Waals surface area (Å²) in [4.78, 5) is 45.8. The number of nitrogens with one attached hydrogen (secondary N) is 1. The van der Waals surface area contributed by atoms with Gasteiger partial charge in [-0.3, -0.25) is 18.7 Å². The standard InChI is InChI=1S/C22H21N5O4S/c1-26-20(29)18(19(23)27(22(26)30)11-13-6-4-3-5-7-13)17(28)12-32-21-24-15-9-8-14(31-2)10-16(15)25-21/h3-10H,11-12,23H2,1-2H3,(H,24,25). The van der Waals surface area contributed by atoms with E-state index in [9.17, 15) is 14.4 Å². The quantitative estimate of drug-likeness (QED) is 0.325. The molecule has 4 aromatic rings. The van der Waals surface area contributed by atoms with Crippen molar-refractivity contribution in [3.63, 3.8) is 0 Å². The zero-order valence-electron chi connectivity index (χ0n) is 17.5. The highest BCUT2D eigenvalue weighted by atomic mass is 32.2. The molecule has 9 nitrogen and oxygen atoms in total. The number of ether oxygens (including phenoxy) is 1. The molecule has 3 N–H and O–H groups in total. The van der Waals surface area contributed by atoms with E-state index >= 15 is 0 Å². The van der Waals surface area contributed by atoms with Crippen molar-refractivity contribution in [2.24, 2.45) is 7.05 Å². The molecule has 2 aromatic heterocycles. The van der Waals surface area contributed by atoms with Crippen LogP contribution in [-0.2, 0) is 13.6 Å². The molecule has 0 saturated heterocycles. The molecular weight excluding hydrogens is 430 g/mol. The van der Waals surface area contributed by atoms with E-state index in [0.717, 1.165) is 32.9 Å². The molecule has 0 spiro atoms. The second-order valence-electron chi connectivity index (χ2n) is 7.12. The second-order valence-corrected chi connectivity index (χ2v) is 8.08. The Morgan fingerprint density at radius 1 is 1.19 bits per heavy atom. The Morgan fingerprint density at radius 2 is 1.94 bits per heavy atom. The Morgan fingerprint density at radius 3 is 2.66 bits per heavy atom. The first-order valence-electron chi connectivity index (χ1n) is 9.72. The summed E-state index contributed by atoms with van der Waals surface area (Å²) in [5.74, 6) is 0.000460. The van der Waals surface area contributed by atoms with Crippen LogP contribution in [0.1, 0.15) is 15.9 Å². The number of nitrogens with zero attached hydrogens (tertiary/aromatic N) is 3. The molecule has 0 aliphatic carbocycles. The van der Waals surface area contributed by atoms with Gasteiger partial charge >= 0.3 is 5.69 Å². The molecule has 0 unspecified atom stereocenters. The predicted octanol–water partition coefficient (Wildman–Crippen LogP) is 2.04. The van der Waals surface area contributed by atoms with E-state index < -0.39 is 17.0 Å². The van der Waals surface area contributed by atoms with Gasteiger partial charge in [-0.25, -0.2) is 9.78 Å². The van der Waals surface area contributed by atoms with Crippen LogP contribution in [0.4, 0.5) is 5.82 Å². The monoisotopic (exact) mass is 451 g/mol. The Labute approximate surface area is 186 Å². The van der Waals surface area contributed by atoms with Gasteiger partial charge in [-0.2, -0.15) is 0 Å². The molecule has 0 aliphatic rings. The largest absolute Gasteiger partial charge is 0.497 e. The topological polar surface area (TPSA) is 125 Å². The second kappa shape index (κ2) is 8.75. The van der Waals surface area contributed by atoms with E-state index in [4.69, 9.17) is 10.5 Å². The summed E-state index contributed by atoms with van der Waals surface area (Å²) in [6, 6.07) is 14.6. The minimum absolute atomic E-state index is 0.0695. The smallest absolute Gasteiger partial charge is 0.332 e. The first-order chi connectivity index (χ1) is 15.4. The molecule has 0 atom stereocenters. The van der Waals surface area contributed by atoms with Gasteiger partial charge in [0.1, 0.15) is 17.1 Å². The fourth-order valence-corrected chi connectivity index (χ4v) is 4.09. The van der Waals surface area contributed by atoms with Gasteiger partial charge in [0.05, 0.1) is 30.4 Å². The first kappa shape index (κ1) is 21.4. The normalized spacial score (nSPS) is 11.1. The van der Waals surface area contributed by atoms with E-state index in [1.165, 1.54) is 11.6 Å². The third kappa shape index (κ3) is 4.04. The Hall–Kier alpha value is -3.79. The molecule has 0 fully saturated rings. The summed E-state index contributed by atoms with van der Waals surface area (Å²) in [5, 5.41) is 0.523. The number of aromatic nitrogens is 4. The fourth-order valence-electron chi connectivity index (χ4n) is 3.33. The van der Waals surface area contributed by atoms with Crippen LogP contribution in [0.3, 0.4) is 0 Å². The Balaban J connectivity index is 1.62. The molecule has 2 aromatic carbocycles. The number of anilines is 1. The van der Waals surface area contributed by atoms with Crippen LogP contribution in [0.5, 0.6) is 5.75 Å². The summed E-state index contributed by atoms with van der Waals surface area (Å²) < 4.78 is 7.35. The number of rotatable bonds is 7. The number of H-pyrrole nitrogens is 1. The zero-order chi connectivity index (χ0) is 22.8. The molecule has 10 heteroatoms. The van der Waals surface area contributed by atoms with E-state index in [2.05, 4.69) is 9.97 Å². The molecule has 0 bridgehead atoms. The van der Waals surface area contributed by atoms with Gasteiger partial charge in [0.25, 0.3) is 5.56 Å². The van der Waals surface area contributed by atoms with Crippen molar-refractivity contribution in [1.29, 1.82) is 0 Å². The van der Waals surface area contributed by atoms with Crippen LogP contribution >= 0.6 is 11.8 Å². The van der Waals surface area contributed by atoms with Gasteiger partial charge in [0.15, 0.2) is 10.9 Å². The average Bonchev–Trinajstić information content (AvgIpc) is 3.22. The lowest BCUT2D eigenvalue weighted by molar-refractivity contribution is 0.102. The van der Waals surface area contributed by atoms with Crippen LogP contribution in [0.15, 0.2) is 63.3 Å². The van der Waals surface area contributed by atoms with Crippen molar-refractivity contribution in [3.05, 3.63) is 80.5 Å². The number of nitrogens with two attached hydrogens (primary N) is 1. The van der Waals surface area contributed by atoms with Crippen molar-refractivity contribution in [2.75, 3.05) is 18.6 Å². The number of hydrogen-bond donors (Lipinski definition) is 2. The summed E-state index contributed by atoms with van der Waals surface area (Å²) in [5.41, 5.74) is 6.98. The van der Waals surface area contributed by atoms with E-state index in [-0.39, 0.29) is 23.7 Å². The number of carbonyl (C=O) groups is 1. The van der Waals surface area contributed by atoms with Crippen LogP contribution in [0.25, 0.3) is 11.0 Å². The van der Waals surface area contributed by atoms with Crippen LogP contribution in [0.2, 0.25) is 0 Å². The number of aromatic amines is 1. The van der Waals surface area contributed by atoms with Gasteiger partial charge in [0.2, 0.25) is 0 Å². The van der Waals surface area contributed by atoms with E-state index in [1.807, 2.05) is 36.4 Å². The fraction of sp³-hybridized carbons (Fsp3) is 0.182. The third-order valence-corrected chi connectivity index (χ3v) is 5.93. The number of thioether (sulfide) groups is 1. The number of Topliss-reactive ketones (excluding diaryl/α,β-unsaturated/α-hetero) is 1. The first-order valence-corrected chi connectivity index (χ1v) is 10.7. The molecule has 0 amide bonds. The highest BCUT2D eigenvalue weighted by Crippen LogP contribution is 2.24. The molecule has 0 saturated carbocycles. The summed E-state index contributed by atoms with van der Waals surface area (Å²) in [6.07, 6.45) is 0. The maximum absolute atomic E-state index is 13.0. The molecule has 0 radical (unpaired) electrons. The molecule has 164 valence electrons. The summed E-state index contributed by atoms with van der Waals surface area (Å²) >= 11 is 1.15. The Bertz CT molecular complexity index is 1420. The molecule has 0 aliphatic heterocycles. The van der Waals surface area contributed by atoms with Crippen molar-refractivity contribution >= 4 is 34.4 Å². The van der Waals surface area contributed by atoms with Crippen LogP contribution < -0.4 is 21.7 Å². The molecule has 4 rings (SSSR count). The van der Waals surface area contributed by atoms with Gasteiger partial charge in [-0.05, 0) is 17.7 Å². The lowest BCUT2D eigenvalue weighted by atomic mass is 10.2. The maximum Gasteiger partial charge on any atom is 0.332 e. The van der Waals surface area contributed by atoms with E-state index in [0.29, 0.717) is 10.9 Å². The Kier molecular flexibility index (Phi) is 5.87. The summed E-state index contributed by atoms with van der Waals surface area (Å²) in [7, 11) is 2.91. The number of benzene rings is 2. The van der Waals surface area contributed by atoms with Gasteiger partial charge < -0.3 is 15.5 Å². The highest BCUT2D eigenvalue weighted by Gasteiger charge is 2.22. The number of hydrogen-bond acceptors (Lipinski definition) is 7. The van der Waals surface area contributed by atoms with Crippen molar-refractivity contribution in [2.45, 2.75) is 11.7 Å². The summed E-state index contributed by atoms with van der Waals surface area (Å²) in [6.45, 7) is 0.151. The van der Waals surface area contributed by atoms with Crippen molar-refractivity contribution in [1.82, 2.24) is 19.1 Å². The van der Waals surface area contributed by atoms with Crippen LogP contribution in [-0.4, -0.2) is 37.7 Å². The number of imidazole rings is 1. The minimum atomic E-state index is -0.711. The lowest BCUT2D eigenvalue weighted by Gasteiger charge is -2.14. The minimum Gasteiger partial charge on any atom is -0.497 e. The van der Waals surface area contributed by atoms with Gasteiger partial charge in [-0.1, -0.05) is 42.1 Å². The third-order valence-electron chi connectivity index (χ3n) is 5.05. The van der Waals surface area contributed by atoms with Crippen LogP contribution in [0, 0.1) is 0 Å². The highest BCUT2D eigenvalue weighted by molar-refractivity contribution is 7.99. The average molecular weight is 452 g/mol. The van der Waals surface area contributed by atoms with Gasteiger partial charge in [-0.15, -0.1) is 0 Å².